The zero-order valence-corrected chi connectivity index (χ0v) is 13.5. The summed E-state index contributed by atoms with van der Waals surface area (Å²) in [4.78, 5) is 0. The van der Waals surface area contributed by atoms with E-state index in [1.54, 1.807) is 0 Å². The molecule has 1 aromatic carbocycles. The molecule has 2 aromatic rings. The first-order valence-electron chi connectivity index (χ1n) is 7.00. The lowest BCUT2D eigenvalue weighted by molar-refractivity contribution is 0.491. The number of aryl methyl sites for hydroxylation is 2. The van der Waals surface area contributed by atoms with E-state index >= 15 is 0 Å². The molecule has 108 valence electrons. The van der Waals surface area contributed by atoms with E-state index in [1.807, 2.05) is 18.2 Å². The second kappa shape index (κ2) is 7.55. The number of nitrogens with zero attached hydrogens (tertiary/aromatic N) is 2. The maximum absolute atomic E-state index is 5.72. The van der Waals surface area contributed by atoms with Crippen molar-refractivity contribution in [3.63, 3.8) is 0 Å². The standard InChI is InChI=1S/C15H20BrN3O/c1-3-8-17-9-4-5-14-18-19-15(20-14)12-7-6-11(2)10-13(12)16/h6-7,10,17H,3-5,8-9H2,1-2H3. The molecule has 0 spiro atoms. The summed E-state index contributed by atoms with van der Waals surface area (Å²) in [6.07, 6.45) is 2.98. The van der Waals surface area contributed by atoms with Crippen LogP contribution in [0.3, 0.4) is 0 Å². The smallest absolute Gasteiger partial charge is 0.248 e. The molecule has 0 amide bonds. The summed E-state index contributed by atoms with van der Waals surface area (Å²) in [5, 5.41) is 11.6. The molecule has 0 saturated heterocycles. The molecule has 0 aliphatic carbocycles. The van der Waals surface area contributed by atoms with Gasteiger partial charge in [-0.2, -0.15) is 0 Å². The Morgan fingerprint density at radius 1 is 1.25 bits per heavy atom. The van der Waals surface area contributed by atoms with Gasteiger partial charge in [-0.25, -0.2) is 0 Å². The van der Waals surface area contributed by atoms with Gasteiger partial charge in [-0.05, 0) is 66.5 Å². The first-order chi connectivity index (χ1) is 9.70. The molecule has 0 unspecified atom stereocenters. The van der Waals surface area contributed by atoms with Crippen LogP contribution < -0.4 is 5.32 Å². The first-order valence-corrected chi connectivity index (χ1v) is 7.79. The highest BCUT2D eigenvalue weighted by atomic mass is 79.9. The molecule has 5 heteroatoms. The van der Waals surface area contributed by atoms with Crippen LogP contribution >= 0.6 is 15.9 Å². The second-order valence-corrected chi connectivity index (χ2v) is 5.69. The molecule has 1 N–H and O–H groups in total. The number of hydrogen-bond acceptors (Lipinski definition) is 4. The van der Waals surface area contributed by atoms with E-state index < -0.39 is 0 Å². The summed E-state index contributed by atoms with van der Waals surface area (Å²) in [5.41, 5.74) is 2.14. The summed E-state index contributed by atoms with van der Waals surface area (Å²) < 4.78 is 6.70. The van der Waals surface area contributed by atoms with Gasteiger partial charge < -0.3 is 9.73 Å². The number of rotatable bonds is 7. The average Bonchev–Trinajstić information content (AvgIpc) is 2.87. The van der Waals surface area contributed by atoms with Gasteiger partial charge in [-0.15, -0.1) is 10.2 Å². The number of benzene rings is 1. The fraction of sp³-hybridized carbons (Fsp3) is 0.467. The number of halogens is 1. The summed E-state index contributed by atoms with van der Waals surface area (Å²) in [6.45, 7) is 6.26. The molecule has 2 rings (SSSR count). The third-order valence-electron chi connectivity index (χ3n) is 2.99. The van der Waals surface area contributed by atoms with Gasteiger partial charge in [-0.1, -0.05) is 13.0 Å². The van der Waals surface area contributed by atoms with E-state index in [0.29, 0.717) is 11.8 Å². The van der Waals surface area contributed by atoms with E-state index in [4.69, 9.17) is 4.42 Å². The van der Waals surface area contributed by atoms with Crippen LogP contribution in [-0.2, 0) is 6.42 Å². The maximum atomic E-state index is 5.72. The molecule has 0 atom stereocenters. The van der Waals surface area contributed by atoms with Crippen molar-refractivity contribution in [2.45, 2.75) is 33.1 Å². The minimum Gasteiger partial charge on any atom is -0.421 e. The molecule has 0 fully saturated rings. The molecule has 0 saturated carbocycles. The minimum absolute atomic E-state index is 0.577. The van der Waals surface area contributed by atoms with Crippen molar-refractivity contribution in [1.29, 1.82) is 0 Å². The van der Waals surface area contributed by atoms with Crippen LogP contribution in [0.15, 0.2) is 27.1 Å². The van der Waals surface area contributed by atoms with Crippen molar-refractivity contribution in [2.24, 2.45) is 0 Å². The van der Waals surface area contributed by atoms with Crippen molar-refractivity contribution >= 4 is 15.9 Å². The van der Waals surface area contributed by atoms with Crippen molar-refractivity contribution in [2.75, 3.05) is 13.1 Å². The summed E-state index contributed by atoms with van der Waals surface area (Å²) in [5.74, 6) is 1.28. The van der Waals surface area contributed by atoms with Crippen LogP contribution in [0.25, 0.3) is 11.5 Å². The fourth-order valence-corrected chi connectivity index (χ4v) is 2.59. The molecule has 4 nitrogen and oxygen atoms in total. The van der Waals surface area contributed by atoms with Crippen LogP contribution in [0.5, 0.6) is 0 Å². The number of aromatic nitrogens is 2. The van der Waals surface area contributed by atoms with Crippen LogP contribution in [0.4, 0.5) is 0 Å². The zero-order chi connectivity index (χ0) is 14.4. The topological polar surface area (TPSA) is 51.0 Å². The fourth-order valence-electron chi connectivity index (χ4n) is 1.92. The minimum atomic E-state index is 0.577. The van der Waals surface area contributed by atoms with Crippen LogP contribution in [-0.4, -0.2) is 23.3 Å². The van der Waals surface area contributed by atoms with Gasteiger partial charge in [-0.3, -0.25) is 0 Å². The molecular formula is C15H20BrN3O. The molecule has 0 radical (unpaired) electrons. The van der Waals surface area contributed by atoms with Crippen molar-refractivity contribution < 1.29 is 4.42 Å². The summed E-state index contributed by atoms with van der Waals surface area (Å²) in [6, 6.07) is 6.09. The normalized spacial score (nSPS) is 10.9. The maximum Gasteiger partial charge on any atom is 0.248 e. The van der Waals surface area contributed by atoms with Gasteiger partial charge in [0, 0.05) is 10.9 Å². The molecule has 0 bridgehead atoms. The van der Waals surface area contributed by atoms with Crippen molar-refractivity contribution in [1.82, 2.24) is 15.5 Å². The molecule has 20 heavy (non-hydrogen) atoms. The largest absolute Gasteiger partial charge is 0.421 e. The Hall–Kier alpha value is -1.20. The lowest BCUT2D eigenvalue weighted by Crippen LogP contribution is -2.16. The SMILES string of the molecule is CCCNCCCc1nnc(-c2ccc(C)cc2Br)o1. The highest BCUT2D eigenvalue weighted by molar-refractivity contribution is 9.10. The summed E-state index contributed by atoms with van der Waals surface area (Å²) in [7, 11) is 0. The Morgan fingerprint density at radius 3 is 2.85 bits per heavy atom. The second-order valence-electron chi connectivity index (χ2n) is 4.84. The monoisotopic (exact) mass is 337 g/mol. The van der Waals surface area contributed by atoms with Crippen LogP contribution in [0.1, 0.15) is 31.2 Å². The van der Waals surface area contributed by atoms with Gasteiger partial charge in [0.25, 0.3) is 0 Å². The third kappa shape index (κ3) is 4.15. The predicted octanol–water partition coefficient (Wildman–Crippen LogP) is 3.74. The van der Waals surface area contributed by atoms with Gasteiger partial charge in [0.05, 0.1) is 5.56 Å². The van der Waals surface area contributed by atoms with E-state index in [0.717, 1.165) is 42.4 Å². The van der Waals surface area contributed by atoms with E-state index in [-0.39, 0.29) is 0 Å². The zero-order valence-electron chi connectivity index (χ0n) is 11.9. The van der Waals surface area contributed by atoms with Crippen LogP contribution in [0.2, 0.25) is 0 Å². The molecule has 0 aliphatic rings. The molecule has 1 heterocycles. The highest BCUT2D eigenvalue weighted by Gasteiger charge is 2.11. The Labute approximate surface area is 128 Å². The predicted molar refractivity (Wildman–Crippen MR) is 83.7 cm³/mol. The van der Waals surface area contributed by atoms with E-state index in [2.05, 4.69) is 45.3 Å². The van der Waals surface area contributed by atoms with E-state index in [1.165, 1.54) is 5.56 Å². The number of nitrogens with one attached hydrogen (secondary N) is 1. The van der Waals surface area contributed by atoms with Gasteiger partial charge in [0.15, 0.2) is 0 Å². The third-order valence-corrected chi connectivity index (χ3v) is 3.65. The van der Waals surface area contributed by atoms with E-state index in [9.17, 15) is 0 Å². The van der Waals surface area contributed by atoms with Crippen molar-refractivity contribution in [3.8, 4) is 11.5 Å². The Morgan fingerprint density at radius 2 is 2.10 bits per heavy atom. The van der Waals surface area contributed by atoms with Crippen LogP contribution in [0, 0.1) is 6.92 Å². The number of hydrogen-bond donors (Lipinski definition) is 1. The quantitative estimate of drug-likeness (QED) is 0.782. The Balaban J connectivity index is 1.95. The molecular weight excluding hydrogens is 318 g/mol. The van der Waals surface area contributed by atoms with Gasteiger partial charge in [0.1, 0.15) is 0 Å². The lowest BCUT2D eigenvalue weighted by Gasteiger charge is -2.01. The van der Waals surface area contributed by atoms with Gasteiger partial charge in [0.2, 0.25) is 11.8 Å². The molecule has 0 aliphatic heterocycles. The average molecular weight is 338 g/mol. The first kappa shape index (κ1) is 15.2. The van der Waals surface area contributed by atoms with Crippen molar-refractivity contribution in [3.05, 3.63) is 34.1 Å². The summed E-state index contributed by atoms with van der Waals surface area (Å²) >= 11 is 3.54. The Bertz CT molecular complexity index is 554. The molecule has 1 aromatic heterocycles. The lowest BCUT2D eigenvalue weighted by atomic mass is 10.1. The highest BCUT2D eigenvalue weighted by Crippen LogP contribution is 2.28. The van der Waals surface area contributed by atoms with Gasteiger partial charge >= 0.3 is 0 Å². The Kier molecular flexibility index (Phi) is 5.73.